The van der Waals surface area contributed by atoms with Crippen molar-refractivity contribution in [2.75, 3.05) is 0 Å². The zero-order chi connectivity index (χ0) is 11.1. The summed E-state index contributed by atoms with van der Waals surface area (Å²) >= 11 is 5.15. The molecule has 1 aromatic heterocycles. The fraction of sp³-hybridized carbons (Fsp3) is 0. The summed E-state index contributed by atoms with van der Waals surface area (Å²) in [5.41, 5.74) is 0.752. The van der Waals surface area contributed by atoms with Gasteiger partial charge in [-0.2, -0.15) is 0 Å². The molecule has 0 saturated heterocycles. The third-order valence-corrected chi connectivity index (χ3v) is 4.18. The Morgan fingerprint density at radius 1 is 1.12 bits per heavy atom. The van der Waals surface area contributed by atoms with Crippen molar-refractivity contribution in [1.82, 2.24) is 0 Å². The molecule has 1 nitrogen and oxygen atoms in total. The van der Waals surface area contributed by atoms with Gasteiger partial charge in [-0.1, -0.05) is 34.1 Å². The van der Waals surface area contributed by atoms with Crippen molar-refractivity contribution in [1.29, 1.82) is 0 Å². The quantitative estimate of drug-likeness (QED) is 0.597. The minimum Gasteiger partial charge on any atom is -0.298 e. The molecule has 1 heterocycles. The van der Waals surface area contributed by atoms with Crippen LogP contribution in [0.1, 0.15) is 10.4 Å². The minimum atomic E-state index is 0.752. The van der Waals surface area contributed by atoms with E-state index < -0.39 is 0 Å². The monoisotopic (exact) mass is 290 g/mol. The predicted molar refractivity (Wildman–Crippen MR) is 72.4 cm³/mol. The largest absolute Gasteiger partial charge is 0.298 e. The fourth-order valence-electron chi connectivity index (χ4n) is 1.94. The normalized spacial score (nSPS) is 11.1. The molecule has 16 heavy (non-hydrogen) atoms. The molecule has 0 saturated carbocycles. The Hall–Kier alpha value is -1.19. The lowest BCUT2D eigenvalue weighted by molar-refractivity contribution is 0.112. The standard InChI is InChI=1S/C13H7BrOS/c14-9-5-8(7-15)13-10-3-1-2-4-11(10)16-12(13)6-9/h1-7H. The van der Waals surface area contributed by atoms with Gasteiger partial charge in [0.15, 0.2) is 6.29 Å². The van der Waals surface area contributed by atoms with E-state index >= 15 is 0 Å². The van der Waals surface area contributed by atoms with Gasteiger partial charge in [0.1, 0.15) is 0 Å². The molecule has 0 amide bonds. The van der Waals surface area contributed by atoms with Crippen LogP contribution in [-0.2, 0) is 0 Å². The van der Waals surface area contributed by atoms with E-state index in [0.29, 0.717) is 0 Å². The molecular formula is C13H7BrOS. The van der Waals surface area contributed by atoms with Crippen LogP contribution in [-0.4, -0.2) is 6.29 Å². The van der Waals surface area contributed by atoms with Crippen LogP contribution in [0.2, 0.25) is 0 Å². The van der Waals surface area contributed by atoms with Crippen molar-refractivity contribution in [2.45, 2.75) is 0 Å². The van der Waals surface area contributed by atoms with E-state index in [9.17, 15) is 4.79 Å². The van der Waals surface area contributed by atoms with Gasteiger partial charge in [-0.15, -0.1) is 11.3 Å². The van der Waals surface area contributed by atoms with Crippen LogP contribution in [0.3, 0.4) is 0 Å². The second-order valence-corrected chi connectivity index (χ2v) is 5.58. The fourth-order valence-corrected chi connectivity index (χ4v) is 3.75. The Morgan fingerprint density at radius 2 is 1.94 bits per heavy atom. The number of hydrogen-bond donors (Lipinski definition) is 0. The van der Waals surface area contributed by atoms with E-state index in [1.54, 1.807) is 11.3 Å². The van der Waals surface area contributed by atoms with Gasteiger partial charge in [0.25, 0.3) is 0 Å². The maximum atomic E-state index is 11.1. The first kappa shape index (κ1) is 10.00. The van der Waals surface area contributed by atoms with Gasteiger partial charge in [-0.3, -0.25) is 4.79 Å². The first-order valence-corrected chi connectivity index (χ1v) is 6.46. The molecule has 2 aromatic carbocycles. The minimum absolute atomic E-state index is 0.752. The summed E-state index contributed by atoms with van der Waals surface area (Å²) in [5, 5.41) is 2.23. The van der Waals surface area contributed by atoms with Crippen LogP contribution in [0.15, 0.2) is 40.9 Å². The first-order chi connectivity index (χ1) is 7.79. The molecular weight excluding hydrogens is 284 g/mol. The molecule has 0 aliphatic rings. The van der Waals surface area contributed by atoms with Crippen molar-refractivity contribution in [2.24, 2.45) is 0 Å². The van der Waals surface area contributed by atoms with E-state index in [-0.39, 0.29) is 0 Å². The Labute approximate surface area is 105 Å². The van der Waals surface area contributed by atoms with E-state index in [1.807, 2.05) is 18.2 Å². The number of aldehydes is 1. The van der Waals surface area contributed by atoms with Crippen LogP contribution in [0.25, 0.3) is 20.2 Å². The Morgan fingerprint density at radius 3 is 2.75 bits per heavy atom. The molecule has 0 aliphatic heterocycles. The molecule has 0 atom stereocenters. The molecule has 3 aromatic rings. The number of benzene rings is 2. The topological polar surface area (TPSA) is 17.1 Å². The highest BCUT2D eigenvalue weighted by Gasteiger charge is 2.09. The Kier molecular flexibility index (Phi) is 2.30. The van der Waals surface area contributed by atoms with E-state index in [0.717, 1.165) is 31.8 Å². The summed E-state index contributed by atoms with van der Waals surface area (Å²) in [6.07, 6.45) is 0.923. The highest BCUT2D eigenvalue weighted by Crippen LogP contribution is 2.37. The van der Waals surface area contributed by atoms with Gasteiger partial charge in [0, 0.05) is 30.2 Å². The summed E-state index contributed by atoms with van der Waals surface area (Å²) in [6, 6.07) is 12.1. The van der Waals surface area contributed by atoms with Crippen LogP contribution in [0, 0.1) is 0 Å². The van der Waals surface area contributed by atoms with Gasteiger partial charge in [-0.25, -0.2) is 0 Å². The van der Waals surface area contributed by atoms with Gasteiger partial charge < -0.3 is 0 Å². The van der Waals surface area contributed by atoms with Gasteiger partial charge in [-0.05, 0) is 18.2 Å². The van der Waals surface area contributed by atoms with Crippen molar-refractivity contribution in [3.05, 3.63) is 46.4 Å². The van der Waals surface area contributed by atoms with Crippen molar-refractivity contribution in [3.8, 4) is 0 Å². The average molecular weight is 291 g/mol. The van der Waals surface area contributed by atoms with Gasteiger partial charge in [0.2, 0.25) is 0 Å². The average Bonchev–Trinajstić information content (AvgIpc) is 2.65. The molecule has 3 heteroatoms. The molecule has 0 bridgehead atoms. The third kappa shape index (κ3) is 1.39. The van der Waals surface area contributed by atoms with Crippen molar-refractivity contribution < 1.29 is 4.79 Å². The number of rotatable bonds is 1. The number of fused-ring (bicyclic) bond motifs is 3. The lowest BCUT2D eigenvalue weighted by atomic mass is 10.1. The second-order valence-electron chi connectivity index (χ2n) is 3.58. The van der Waals surface area contributed by atoms with Gasteiger partial charge >= 0.3 is 0 Å². The Bertz CT molecular complexity index is 700. The molecule has 3 rings (SSSR count). The predicted octanol–water partition coefficient (Wildman–Crippen LogP) is 4.63. The Balaban J connectivity index is 2.60. The van der Waals surface area contributed by atoms with Crippen LogP contribution in [0.5, 0.6) is 0 Å². The second kappa shape index (κ2) is 3.68. The summed E-state index contributed by atoms with van der Waals surface area (Å²) in [4.78, 5) is 11.1. The van der Waals surface area contributed by atoms with Crippen LogP contribution < -0.4 is 0 Å². The SMILES string of the molecule is O=Cc1cc(Br)cc2sc3ccccc3c12. The summed E-state index contributed by atoms with van der Waals surface area (Å²) in [6.45, 7) is 0. The number of carbonyl (C=O) groups excluding carboxylic acids is 1. The smallest absolute Gasteiger partial charge is 0.150 e. The van der Waals surface area contributed by atoms with E-state index in [1.165, 1.54) is 4.70 Å². The van der Waals surface area contributed by atoms with Gasteiger partial charge in [0.05, 0.1) is 0 Å². The first-order valence-electron chi connectivity index (χ1n) is 4.85. The van der Waals surface area contributed by atoms with Crippen molar-refractivity contribution >= 4 is 53.7 Å². The number of hydrogen-bond acceptors (Lipinski definition) is 2. The number of carbonyl (C=O) groups is 1. The van der Waals surface area contributed by atoms with E-state index in [2.05, 4.69) is 34.1 Å². The number of thiophene rings is 1. The summed E-state index contributed by atoms with van der Waals surface area (Å²) < 4.78 is 3.32. The molecule has 0 spiro atoms. The van der Waals surface area contributed by atoms with E-state index in [4.69, 9.17) is 0 Å². The van der Waals surface area contributed by atoms with Crippen molar-refractivity contribution in [3.63, 3.8) is 0 Å². The maximum Gasteiger partial charge on any atom is 0.150 e. The lowest BCUT2D eigenvalue weighted by Crippen LogP contribution is -1.81. The molecule has 0 unspecified atom stereocenters. The van der Waals surface area contributed by atoms with Crippen LogP contribution in [0.4, 0.5) is 0 Å². The highest BCUT2D eigenvalue weighted by molar-refractivity contribution is 9.10. The molecule has 0 fully saturated rings. The zero-order valence-electron chi connectivity index (χ0n) is 8.24. The summed E-state index contributed by atoms with van der Waals surface area (Å²) in [7, 11) is 0. The molecule has 0 aliphatic carbocycles. The lowest BCUT2D eigenvalue weighted by Gasteiger charge is -1.97. The molecule has 78 valence electrons. The highest BCUT2D eigenvalue weighted by atomic mass is 79.9. The zero-order valence-corrected chi connectivity index (χ0v) is 10.6. The maximum absolute atomic E-state index is 11.1. The molecule has 0 radical (unpaired) electrons. The molecule has 0 N–H and O–H groups in total. The van der Waals surface area contributed by atoms with Crippen LogP contribution >= 0.6 is 27.3 Å². The number of halogens is 1. The summed E-state index contributed by atoms with van der Waals surface area (Å²) in [5.74, 6) is 0. The third-order valence-electron chi connectivity index (χ3n) is 2.60.